The van der Waals surface area contributed by atoms with Crippen molar-refractivity contribution < 1.29 is 0 Å². The second kappa shape index (κ2) is 19.9. The van der Waals surface area contributed by atoms with Crippen LogP contribution in [0.25, 0.3) is 166 Å². The predicted octanol–water partition coefficient (Wildman–Crippen LogP) is 21.2. The summed E-state index contributed by atoms with van der Waals surface area (Å²) in [5.74, 6) is 1.34. The fourth-order valence-electron chi connectivity index (χ4n) is 13.9. The lowest BCUT2D eigenvalue weighted by molar-refractivity contribution is 0.952. The minimum Gasteiger partial charge on any atom is -0.309 e. The highest BCUT2D eigenvalue weighted by atomic mass is 15.2. The molecule has 88 heavy (non-hydrogen) atoms. The Kier molecular flexibility index (Phi) is 11.2. The molecule has 5 aromatic heterocycles. The summed E-state index contributed by atoms with van der Waals surface area (Å²) in [6, 6.07) is 114. The lowest BCUT2D eigenvalue weighted by Gasteiger charge is -2.15. The second-order valence-electron chi connectivity index (χ2n) is 22.9. The molecule has 5 heterocycles. The van der Waals surface area contributed by atoms with E-state index in [9.17, 15) is 0 Å². The maximum absolute atomic E-state index is 5.88. The molecule has 0 aliphatic carbocycles. The zero-order chi connectivity index (χ0) is 57.8. The summed E-state index contributed by atoms with van der Waals surface area (Å²) >= 11 is 0. The molecule has 13 aromatic carbocycles. The average molecular weight is 1120 g/mol. The van der Waals surface area contributed by atoms with Crippen LogP contribution in [0.15, 0.2) is 315 Å². The first-order chi connectivity index (χ1) is 43.6. The van der Waals surface area contributed by atoms with Crippen molar-refractivity contribution in [2.45, 2.75) is 0 Å². The predicted molar refractivity (Wildman–Crippen MR) is 367 cm³/mol. The second-order valence-corrected chi connectivity index (χ2v) is 22.9. The van der Waals surface area contributed by atoms with Crippen molar-refractivity contribution in [3.8, 4) is 78.9 Å². The Hall–Kier alpha value is -11.9. The van der Waals surface area contributed by atoms with Crippen LogP contribution in [0.5, 0.6) is 0 Å². The summed E-state index contributed by atoms with van der Waals surface area (Å²) in [6.07, 6.45) is 0. The summed E-state index contributed by atoms with van der Waals surface area (Å²) < 4.78 is 9.45. The largest absolute Gasteiger partial charge is 0.309 e. The minimum absolute atomic E-state index is 0.575. The number of aromatic nitrogens is 6. The van der Waals surface area contributed by atoms with Crippen LogP contribution in [0.1, 0.15) is 0 Å². The van der Waals surface area contributed by atoms with E-state index < -0.39 is 0 Å². The number of para-hydroxylation sites is 4. The lowest BCUT2D eigenvalue weighted by atomic mass is 10.0. The number of hydrogen-bond acceptors (Lipinski definition) is 2. The van der Waals surface area contributed by atoms with E-state index in [4.69, 9.17) is 9.97 Å². The first kappa shape index (κ1) is 49.6. The molecule has 0 spiro atoms. The maximum Gasteiger partial charge on any atom is 0.237 e. The van der Waals surface area contributed by atoms with Gasteiger partial charge in [0.05, 0.1) is 49.8 Å². The van der Waals surface area contributed by atoms with Gasteiger partial charge in [0.2, 0.25) is 5.95 Å². The Bertz CT molecular complexity index is 5440. The quantitative estimate of drug-likeness (QED) is 0.145. The molecule has 0 fully saturated rings. The van der Waals surface area contributed by atoms with Gasteiger partial charge in [-0.05, 0) is 129 Å². The molecule has 0 amide bonds. The summed E-state index contributed by atoms with van der Waals surface area (Å²) in [4.78, 5) is 11.5. The maximum atomic E-state index is 5.88. The Morgan fingerprint density at radius 3 is 0.932 bits per heavy atom. The van der Waals surface area contributed by atoms with Crippen LogP contribution < -0.4 is 0 Å². The van der Waals surface area contributed by atoms with Crippen molar-refractivity contribution >= 4 is 87.2 Å². The third-order valence-corrected chi connectivity index (χ3v) is 18.0. The van der Waals surface area contributed by atoms with Gasteiger partial charge < -0.3 is 9.13 Å². The van der Waals surface area contributed by atoms with Gasteiger partial charge in [0, 0.05) is 66.1 Å². The van der Waals surface area contributed by atoms with Gasteiger partial charge in [-0.15, -0.1) is 0 Å². The first-order valence-corrected chi connectivity index (χ1v) is 30.0. The number of rotatable bonds is 9. The van der Waals surface area contributed by atoms with Crippen LogP contribution in [0, 0.1) is 0 Å². The molecule has 0 saturated heterocycles. The molecule has 0 aliphatic heterocycles. The Morgan fingerprint density at radius 1 is 0.182 bits per heavy atom. The zero-order valence-electron chi connectivity index (χ0n) is 47.7. The molecule has 0 radical (unpaired) electrons. The summed E-state index contributed by atoms with van der Waals surface area (Å²) in [5.41, 5.74) is 21.9. The molecule has 0 bridgehead atoms. The van der Waals surface area contributed by atoms with Gasteiger partial charge in [-0.3, -0.25) is 9.13 Å². The van der Waals surface area contributed by atoms with Crippen molar-refractivity contribution in [3.05, 3.63) is 315 Å². The van der Waals surface area contributed by atoms with Gasteiger partial charge in [-0.2, -0.15) is 4.98 Å². The van der Waals surface area contributed by atoms with Gasteiger partial charge in [0.25, 0.3) is 0 Å². The standard InChI is InChI=1S/C82H52N6/c1-6-20-53(21-7-1)58-34-40-66-67-42-36-60(56-38-44-75-70(46-56)64-30-16-18-32-73(64)85(75)62-26-12-4-13-27-62)50-78(67)87(77(66)48-58)81-52-72(55-24-10-3-11-25-55)83-82(84-81)88-79-49-59(54-22-8-2-9-23-54)35-41-68(79)69-43-37-61(51-80(69)88)57-39-45-76-71(47-57)65-31-17-19-33-74(65)86(76)63-28-14-5-15-29-63/h1-52H. The van der Waals surface area contributed by atoms with Gasteiger partial charge in [-0.1, -0.05) is 224 Å². The van der Waals surface area contributed by atoms with Crippen molar-refractivity contribution in [1.82, 2.24) is 28.2 Å². The molecular formula is C82H52N6. The van der Waals surface area contributed by atoms with E-state index in [1.54, 1.807) is 0 Å². The van der Waals surface area contributed by atoms with Crippen LogP contribution in [0.4, 0.5) is 0 Å². The van der Waals surface area contributed by atoms with Gasteiger partial charge in [0.15, 0.2) is 0 Å². The lowest BCUT2D eigenvalue weighted by Crippen LogP contribution is -2.07. The highest BCUT2D eigenvalue weighted by Crippen LogP contribution is 2.43. The van der Waals surface area contributed by atoms with Crippen molar-refractivity contribution in [3.63, 3.8) is 0 Å². The van der Waals surface area contributed by atoms with Crippen LogP contribution in [0.2, 0.25) is 0 Å². The summed E-state index contributed by atoms with van der Waals surface area (Å²) in [5, 5.41) is 9.36. The fraction of sp³-hybridized carbons (Fsp3) is 0. The number of hydrogen-bond donors (Lipinski definition) is 0. The highest BCUT2D eigenvalue weighted by Gasteiger charge is 2.23. The van der Waals surface area contributed by atoms with E-state index in [1.807, 2.05) is 0 Å². The van der Waals surface area contributed by atoms with Gasteiger partial charge in [-0.25, -0.2) is 4.98 Å². The van der Waals surface area contributed by atoms with E-state index in [0.29, 0.717) is 5.95 Å². The smallest absolute Gasteiger partial charge is 0.237 e. The van der Waals surface area contributed by atoms with Crippen molar-refractivity contribution in [2.75, 3.05) is 0 Å². The molecule has 0 N–H and O–H groups in total. The van der Waals surface area contributed by atoms with E-state index in [1.165, 1.54) is 43.6 Å². The zero-order valence-corrected chi connectivity index (χ0v) is 47.7. The Morgan fingerprint density at radius 2 is 0.500 bits per heavy atom. The van der Waals surface area contributed by atoms with E-state index >= 15 is 0 Å². The molecule has 18 aromatic rings. The van der Waals surface area contributed by atoms with E-state index in [2.05, 4.69) is 334 Å². The normalized spacial score (nSPS) is 11.9. The third kappa shape index (κ3) is 7.89. The number of benzene rings is 13. The molecule has 6 heteroatoms. The molecule has 0 saturated carbocycles. The van der Waals surface area contributed by atoms with Crippen molar-refractivity contribution in [1.29, 1.82) is 0 Å². The van der Waals surface area contributed by atoms with Crippen LogP contribution in [-0.4, -0.2) is 28.2 Å². The van der Waals surface area contributed by atoms with E-state index in [0.717, 1.165) is 117 Å². The Labute approximate surface area is 507 Å². The molecular weight excluding hydrogens is 1070 g/mol. The van der Waals surface area contributed by atoms with E-state index in [-0.39, 0.29) is 0 Å². The molecule has 0 atom stereocenters. The van der Waals surface area contributed by atoms with Gasteiger partial charge >= 0.3 is 0 Å². The monoisotopic (exact) mass is 1120 g/mol. The molecule has 18 rings (SSSR count). The number of nitrogens with zero attached hydrogens (tertiary/aromatic N) is 6. The summed E-state index contributed by atoms with van der Waals surface area (Å²) in [6.45, 7) is 0. The topological polar surface area (TPSA) is 45.5 Å². The molecule has 410 valence electrons. The minimum atomic E-state index is 0.575. The average Bonchev–Trinajstić information content (AvgIpc) is 1.74. The van der Waals surface area contributed by atoms with Gasteiger partial charge in [0.1, 0.15) is 5.82 Å². The van der Waals surface area contributed by atoms with Crippen LogP contribution >= 0.6 is 0 Å². The fourth-order valence-corrected chi connectivity index (χ4v) is 13.9. The SMILES string of the molecule is c1ccc(-c2ccc3c4ccc(-c5ccc6c(c5)c5ccccc5n6-c5ccccc5)cc4n(-c4cc(-c5ccccc5)nc(-n5c6cc(-c7ccccc7)ccc6c6ccc(-c7ccc8c(c7)c7ccccc7n8-c7ccccc7)cc65)n4)c3c2)cc1. The highest BCUT2D eigenvalue weighted by molar-refractivity contribution is 6.15. The van der Waals surface area contributed by atoms with Crippen LogP contribution in [0.3, 0.4) is 0 Å². The molecule has 0 aliphatic rings. The molecule has 0 unspecified atom stereocenters. The first-order valence-electron chi connectivity index (χ1n) is 30.0. The molecule has 6 nitrogen and oxygen atoms in total. The third-order valence-electron chi connectivity index (χ3n) is 18.0. The summed E-state index contributed by atoms with van der Waals surface area (Å²) in [7, 11) is 0. The van der Waals surface area contributed by atoms with Crippen LogP contribution in [-0.2, 0) is 0 Å². The van der Waals surface area contributed by atoms with Crippen molar-refractivity contribution in [2.24, 2.45) is 0 Å². The Balaban J connectivity index is 0.888. The number of fused-ring (bicyclic) bond motifs is 12.